The molecule has 1 saturated carbocycles. The maximum atomic E-state index is 3.73. The predicted molar refractivity (Wildman–Crippen MR) is 88.0 cm³/mol. The largest absolute Gasteiger partial charge is 0.314 e. The molecule has 0 aromatic carbocycles. The van der Waals surface area contributed by atoms with Crippen LogP contribution in [0.25, 0.3) is 0 Å². The Hall–Kier alpha value is -0.0800. The Labute approximate surface area is 126 Å². The van der Waals surface area contributed by atoms with Crippen molar-refractivity contribution < 1.29 is 0 Å². The van der Waals surface area contributed by atoms with Gasteiger partial charge in [0, 0.05) is 12.6 Å². The van der Waals surface area contributed by atoms with Crippen molar-refractivity contribution in [2.45, 2.75) is 72.3 Å². The lowest BCUT2D eigenvalue weighted by Gasteiger charge is -2.42. The second kappa shape index (κ2) is 7.26. The van der Waals surface area contributed by atoms with Gasteiger partial charge in [0.15, 0.2) is 0 Å². The molecule has 2 atom stereocenters. The first-order chi connectivity index (χ1) is 9.50. The number of nitrogens with one attached hydrogen (secondary N) is 1. The van der Waals surface area contributed by atoms with E-state index < -0.39 is 0 Å². The van der Waals surface area contributed by atoms with Crippen LogP contribution >= 0.6 is 0 Å². The van der Waals surface area contributed by atoms with Crippen LogP contribution in [0.5, 0.6) is 0 Å². The summed E-state index contributed by atoms with van der Waals surface area (Å²) in [5.41, 5.74) is 0.503. The molecule has 2 heteroatoms. The third-order valence-corrected chi connectivity index (χ3v) is 5.68. The van der Waals surface area contributed by atoms with E-state index >= 15 is 0 Å². The number of piperidine rings is 1. The smallest absolute Gasteiger partial charge is 0.0107 e. The highest BCUT2D eigenvalue weighted by atomic mass is 15.1. The fraction of sp³-hybridized carbons (Fsp3) is 1.00. The molecule has 2 unspecified atom stereocenters. The second-order valence-electron chi connectivity index (χ2n) is 8.15. The van der Waals surface area contributed by atoms with Gasteiger partial charge in [-0.15, -0.1) is 0 Å². The lowest BCUT2D eigenvalue weighted by atomic mass is 9.75. The van der Waals surface area contributed by atoms with Crippen molar-refractivity contribution in [3.05, 3.63) is 0 Å². The molecule has 1 aliphatic carbocycles. The van der Waals surface area contributed by atoms with Gasteiger partial charge < -0.3 is 10.2 Å². The van der Waals surface area contributed by atoms with E-state index in [0.717, 1.165) is 24.4 Å². The molecule has 0 aromatic rings. The van der Waals surface area contributed by atoms with Crippen LogP contribution in [-0.4, -0.2) is 37.1 Å². The second-order valence-corrected chi connectivity index (χ2v) is 8.15. The minimum atomic E-state index is 0.503. The molecular weight excluding hydrogens is 244 g/mol. The zero-order valence-corrected chi connectivity index (χ0v) is 14.3. The molecule has 118 valence electrons. The third kappa shape index (κ3) is 4.46. The molecule has 2 nitrogen and oxygen atoms in total. The Balaban J connectivity index is 1.79. The fourth-order valence-electron chi connectivity index (χ4n) is 4.27. The van der Waals surface area contributed by atoms with E-state index in [-0.39, 0.29) is 0 Å². The van der Waals surface area contributed by atoms with E-state index in [1.807, 2.05) is 0 Å². The van der Waals surface area contributed by atoms with E-state index in [9.17, 15) is 0 Å². The SMILES string of the molecule is CCNC1CCCCC1CN1CCC(C(C)(C)C)CC1. The number of rotatable bonds is 4. The molecule has 1 saturated heterocycles. The van der Waals surface area contributed by atoms with Crippen LogP contribution in [0.15, 0.2) is 0 Å². The lowest BCUT2D eigenvalue weighted by molar-refractivity contribution is 0.0873. The molecule has 1 N–H and O–H groups in total. The fourth-order valence-corrected chi connectivity index (χ4v) is 4.27. The maximum absolute atomic E-state index is 3.73. The van der Waals surface area contributed by atoms with E-state index in [1.165, 1.54) is 58.2 Å². The molecule has 2 rings (SSSR count). The molecule has 0 bridgehead atoms. The van der Waals surface area contributed by atoms with Crippen molar-refractivity contribution in [2.24, 2.45) is 17.3 Å². The molecule has 1 aliphatic heterocycles. The molecule has 0 spiro atoms. The van der Waals surface area contributed by atoms with Crippen LogP contribution in [0.3, 0.4) is 0 Å². The van der Waals surface area contributed by atoms with E-state index in [2.05, 4.69) is 37.9 Å². The highest BCUT2D eigenvalue weighted by Crippen LogP contribution is 2.35. The molecule has 0 amide bonds. The Bertz CT molecular complexity index is 272. The minimum Gasteiger partial charge on any atom is -0.314 e. The first-order valence-electron chi connectivity index (χ1n) is 8.96. The predicted octanol–water partition coefficient (Wildman–Crippen LogP) is 3.91. The summed E-state index contributed by atoms with van der Waals surface area (Å²) in [6.07, 6.45) is 8.53. The highest BCUT2D eigenvalue weighted by molar-refractivity contribution is 4.86. The summed E-state index contributed by atoms with van der Waals surface area (Å²) in [6.45, 7) is 14.6. The van der Waals surface area contributed by atoms with Gasteiger partial charge in [0.1, 0.15) is 0 Å². The topological polar surface area (TPSA) is 15.3 Å². The van der Waals surface area contributed by atoms with Crippen molar-refractivity contribution in [1.29, 1.82) is 0 Å². The van der Waals surface area contributed by atoms with Gasteiger partial charge in [-0.3, -0.25) is 0 Å². The normalized spacial score (nSPS) is 30.6. The van der Waals surface area contributed by atoms with Gasteiger partial charge >= 0.3 is 0 Å². The zero-order chi connectivity index (χ0) is 14.6. The van der Waals surface area contributed by atoms with Crippen LogP contribution in [0.4, 0.5) is 0 Å². The molecule has 2 fully saturated rings. The van der Waals surface area contributed by atoms with Crippen LogP contribution in [0, 0.1) is 17.3 Å². The van der Waals surface area contributed by atoms with Crippen LogP contribution in [-0.2, 0) is 0 Å². The number of hydrogen-bond donors (Lipinski definition) is 1. The summed E-state index contributed by atoms with van der Waals surface area (Å²) in [7, 11) is 0. The quantitative estimate of drug-likeness (QED) is 0.840. The number of likely N-dealkylation sites (tertiary alicyclic amines) is 1. The summed E-state index contributed by atoms with van der Waals surface area (Å²) < 4.78 is 0. The first-order valence-corrected chi connectivity index (χ1v) is 8.96. The first kappa shape index (κ1) is 16.3. The van der Waals surface area contributed by atoms with E-state index in [0.29, 0.717) is 5.41 Å². The summed E-state index contributed by atoms with van der Waals surface area (Å²) in [5.74, 6) is 1.82. The average Bonchev–Trinajstić information content (AvgIpc) is 2.41. The van der Waals surface area contributed by atoms with Gasteiger partial charge in [-0.25, -0.2) is 0 Å². The summed E-state index contributed by atoms with van der Waals surface area (Å²) in [6, 6.07) is 0.786. The number of nitrogens with zero attached hydrogens (tertiary/aromatic N) is 1. The average molecular weight is 281 g/mol. The Kier molecular flexibility index (Phi) is 5.92. The van der Waals surface area contributed by atoms with Crippen molar-refractivity contribution >= 4 is 0 Å². The maximum Gasteiger partial charge on any atom is 0.0107 e. The van der Waals surface area contributed by atoms with E-state index in [1.54, 1.807) is 0 Å². The minimum absolute atomic E-state index is 0.503. The zero-order valence-electron chi connectivity index (χ0n) is 14.3. The summed E-state index contributed by atoms with van der Waals surface area (Å²) >= 11 is 0. The lowest BCUT2D eigenvalue weighted by Crippen LogP contribution is -2.46. The molecule has 0 aromatic heterocycles. The van der Waals surface area contributed by atoms with Crippen LogP contribution in [0.1, 0.15) is 66.2 Å². The number of hydrogen-bond acceptors (Lipinski definition) is 2. The standard InChI is InChI=1S/C18H36N2/c1-5-19-17-9-7-6-8-15(17)14-20-12-10-16(11-13-20)18(2,3)4/h15-17,19H,5-14H2,1-4H3. The van der Waals surface area contributed by atoms with Crippen molar-refractivity contribution in [3.63, 3.8) is 0 Å². The van der Waals surface area contributed by atoms with Crippen LogP contribution in [0.2, 0.25) is 0 Å². The summed E-state index contributed by atoms with van der Waals surface area (Å²) in [5, 5.41) is 3.73. The Morgan fingerprint density at radius 3 is 2.25 bits per heavy atom. The molecule has 0 radical (unpaired) electrons. The van der Waals surface area contributed by atoms with Gasteiger partial charge in [-0.2, -0.15) is 0 Å². The Morgan fingerprint density at radius 1 is 1.00 bits per heavy atom. The van der Waals surface area contributed by atoms with Gasteiger partial charge in [0.25, 0.3) is 0 Å². The molecule has 2 aliphatic rings. The third-order valence-electron chi connectivity index (χ3n) is 5.68. The van der Waals surface area contributed by atoms with Crippen molar-refractivity contribution in [1.82, 2.24) is 10.2 Å². The van der Waals surface area contributed by atoms with Crippen LogP contribution < -0.4 is 5.32 Å². The van der Waals surface area contributed by atoms with Crippen molar-refractivity contribution in [3.8, 4) is 0 Å². The van der Waals surface area contributed by atoms with Gasteiger partial charge in [-0.1, -0.05) is 40.5 Å². The molecular formula is C18H36N2. The summed E-state index contributed by atoms with van der Waals surface area (Å²) in [4.78, 5) is 2.75. The Morgan fingerprint density at radius 2 is 1.65 bits per heavy atom. The monoisotopic (exact) mass is 280 g/mol. The van der Waals surface area contributed by atoms with Gasteiger partial charge in [0.05, 0.1) is 0 Å². The molecule has 20 heavy (non-hydrogen) atoms. The van der Waals surface area contributed by atoms with E-state index in [4.69, 9.17) is 0 Å². The van der Waals surface area contributed by atoms with Crippen molar-refractivity contribution in [2.75, 3.05) is 26.2 Å². The highest BCUT2D eigenvalue weighted by Gasteiger charge is 2.31. The molecule has 1 heterocycles. The van der Waals surface area contributed by atoms with Gasteiger partial charge in [0.2, 0.25) is 0 Å². The van der Waals surface area contributed by atoms with Gasteiger partial charge in [-0.05, 0) is 62.6 Å².